The molecule has 0 bridgehead atoms. The van der Waals surface area contributed by atoms with E-state index in [1.165, 1.54) is 11.4 Å². The van der Waals surface area contributed by atoms with Gasteiger partial charge < -0.3 is 0 Å². The first-order valence-electron chi connectivity index (χ1n) is 6.93. The van der Waals surface area contributed by atoms with E-state index in [1.54, 1.807) is 0 Å². The number of hydrogen-bond acceptors (Lipinski definition) is 1. The quantitative estimate of drug-likeness (QED) is 0.439. The third-order valence-electron chi connectivity index (χ3n) is 3.41. The summed E-state index contributed by atoms with van der Waals surface area (Å²) in [6.07, 6.45) is 21.9. The van der Waals surface area contributed by atoms with Crippen LogP contribution in [0.3, 0.4) is 0 Å². The Bertz CT molecular complexity index is 504. The summed E-state index contributed by atoms with van der Waals surface area (Å²) in [5.74, 6) is 0. The van der Waals surface area contributed by atoms with Gasteiger partial charge in [0.15, 0.2) is 0 Å². The van der Waals surface area contributed by atoms with Crippen LogP contribution < -0.4 is 0 Å². The highest BCUT2D eigenvalue weighted by Gasteiger charge is 2.16. The standard InChI is InChI=1S/C18H22IN/c1-17(2)11-5-7-15(9-13-17)20(19)16-8-6-12-18(3,4)14-10-16/h5-14H,1-4H3. The molecule has 0 saturated heterocycles. The SMILES string of the molecule is CC1(C)C=CC=C(N(I)C2=CC=CC(C)(C)C=C2)C=C1. The molecule has 2 aliphatic rings. The average molecular weight is 379 g/mol. The van der Waals surface area contributed by atoms with Crippen molar-refractivity contribution in [2.45, 2.75) is 27.7 Å². The van der Waals surface area contributed by atoms with E-state index < -0.39 is 0 Å². The Morgan fingerprint density at radius 1 is 0.750 bits per heavy atom. The smallest absolute Gasteiger partial charge is 0.0646 e. The Morgan fingerprint density at radius 2 is 1.15 bits per heavy atom. The van der Waals surface area contributed by atoms with E-state index >= 15 is 0 Å². The highest BCUT2D eigenvalue weighted by atomic mass is 127. The Kier molecular flexibility index (Phi) is 4.43. The summed E-state index contributed by atoms with van der Waals surface area (Å²) >= 11 is 2.36. The van der Waals surface area contributed by atoms with Crippen molar-refractivity contribution < 1.29 is 0 Å². The van der Waals surface area contributed by atoms with E-state index in [4.69, 9.17) is 0 Å². The van der Waals surface area contributed by atoms with Gasteiger partial charge in [0.1, 0.15) is 0 Å². The molecule has 0 unspecified atom stereocenters. The lowest BCUT2D eigenvalue weighted by atomic mass is 9.93. The molecule has 0 amide bonds. The zero-order valence-corrected chi connectivity index (χ0v) is 14.8. The van der Waals surface area contributed by atoms with Crippen molar-refractivity contribution in [1.29, 1.82) is 0 Å². The third-order valence-corrected chi connectivity index (χ3v) is 4.52. The molecule has 2 rings (SSSR count). The van der Waals surface area contributed by atoms with Crippen LogP contribution in [-0.4, -0.2) is 3.11 Å². The van der Waals surface area contributed by atoms with Gasteiger partial charge in [-0.05, 0) is 24.3 Å². The molecule has 0 aliphatic heterocycles. The van der Waals surface area contributed by atoms with Crippen LogP contribution in [0.25, 0.3) is 0 Å². The largest absolute Gasteiger partial charge is 0.283 e. The molecule has 0 spiro atoms. The van der Waals surface area contributed by atoms with Crippen LogP contribution in [0, 0.1) is 10.8 Å². The van der Waals surface area contributed by atoms with E-state index in [0.717, 1.165) is 0 Å². The number of rotatable bonds is 2. The molecule has 106 valence electrons. The van der Waals surface area contributed by atoms with Gasteiger partial charge in [0.2, 0.25) is 0 Å². The number of halogens is 1. The van der Waals surface area contributed by atoms with E-state index in [1.807, 2.05) is 0 Å². The molecule has 0 heterocycles. The summed E-state index contributed by atoms with van der Waals surface area (Å²) in [7, 11) is 0. The summed E-state index contributed by atoms with van der Waals surface area (Å²) in [6, 6.07) is 0. The minimum absolute atomic E-state index is 0.116. The maximum absolute atomic E-state index is 2.36. The third kappa shape index (κ3) is 3.98. The number of allylic oxidation sites excluding steroid dienone is 10. The molecule has 0 aromatic carbocycles. The molecule has 20 heavy (non-hydrogen) atoms. The second-order valence-electron chi connectivity index (χ2n) is 6.49. The number of hydrogen-bond donors (Lipinski definition) is 0. The van der Waals surface area contributed by atoms with Crippen LogP contribution in [0.4, 0.5) is 0 Å². The molecule has 2 heteroatoms. The molecular formula is C18H22IN. The van der Waals surface area contributed by atoms with Crippen LogP contribution in [0.2, 0.25) is 0 Å². The molecule has 0 aromatic rings. The van der Waals surface area contributed by atoms with Crippen LogP contribution in [0.5, 0.6) is 0 Å². The van der Waals surface area contributed by atoms with E-state index in [2.05, 4.69) is 114 Å². The topological polar surface area (TPSA) is 3.24 Å². The van der Waals surface area contributed by atoms with Crippen molar-refractivity contribution in [1.82, 2.24) is 3.11 Å². The summed E-state index contributed by atoms with van der Waals surface area (Å²) in [5.41, 5.74) is 2.62. The van der Waals surface area contributed by atoms with E-state index in [9.17, 15) is 0 Å². The lowest BCUT2D eigenvalue weighted by molar-refractivity contribution is 0.624. The maximum Gasteiger partial charge on any atom is 0.0646 e. The van der Waals surface area contributed by atoms with Crippen LogP contribution >= 0.6 is 22.9 Å². The predicted octanol–water partition coefficient (Wildman–Crippen LogP) is 5.71. The first-order valence-corrected chi connectivity index (χ1v) is 7.89. The molecule has 0 atom stereocenters. The van der Waals surface area contributed by atoms with Gasteiger partial charge in [-0.1, -0.05) is 64.2 Å². The molecule has 2 aliphatic carbocycles. The zero-order valence-electron chi connectivity index (χ0n) is 12.6. The van der Waals surface area contributed by atoms with Gasteiger partial charge in [-0.3, -0.25) is 3.11 Å². The fourth-order valence-electron chi connectivity index (χ4n) is 2.02. The molecule has 0 N–H and O–H groups in total. The van der Waals surface area contributed by atoms with Crippen LogP contribution in [0.15, 0.2) is 72.2 Å². The lowest BCUT2D eigenvalue weighted by Gasteiger charge is -2.19. The van der Waals surface area contributed by atoms with Gasteiger partial charge in [-0.2, -0.15) is 0 Å². The average Bonchev–Trinajstić information content (AvgIpc) is 2.64. The Balaban J connectivity index is 2.23. The van der Waals surface area contributed by atoms with Crippen molar-refractivity contribution in [3.05, 3.63) is 72.2 Å². The van der Waals surface area contributed by atoms with E-state index in [0.29, 0.717) is 0 Å². The monoisotopic (exact) mass is 379 g/mol. The minimum atomic E-state index is 0.116. The predicted molar refractivity (Wildman–Crippen MR) is 96.1 cm³/mol. The molecule has 1 nitrogen and oxygen atoms in total. The molecule has 0 radical (unpaired) electrons. The van der Waals surface area contributed by atoms with Gasteiger partial charge in [0, 0.05) is 10.8 Å². The summed E-state index contributed by atoms with van der Waals surface area (Å²) in [6.45, 7) is 8.85. The molecule has 0 fully saturated rings. The highest BCUT2D eigenvalue weighted by molar-refractivity contribution is 14.1. The molecular weight excluding hydrogens is 357 g/mol. The first-order chi connectivity index (χ1) is 9.29. The van der Waals surface area contributed by atoms with Gasteiger partial charge in [-0.15, -0.1) is 0 Å². The Labute approximate surface area is 136 Å². The van der Waals surface area contributed by atoms with Crippen LogP contribution in [-0.2, 0) is 0 Å². The van der Waals surface area contributed by atoms with Crippen molar-refractivity contribution in [3.63, 3.8) is 0 Å². The summed E-state index contributed by atoms with van der Waals surface area (Å²) < 4.78 is 2.20. The summed E-state index contributed by atoms with van der Waals surface area (Å²) in [4.78, 5) is 0. The van der Waals surface area contributed by atoms with Crippen molar-refractivity contribution >= 4 is 22.9 Å². The second kappa shape index (κ2) is 5.76. The van der Waals surface area contributed by atoms with Crippen molar-refractivity contribution in [2.75, 3.05) is 0 Å². The fourth-order valence-corrected chi connectivity index (χ4v) is 2.67. The highest BCUT2D eigenvalue weighted by Crippen LogP contribution is 2.30. The Morgan fingerprint density at radius 3 is 1.55 bits per heavy atom. The summed E-state index contributed by atoms with van der Waals surface area (Å²) in [5, 5.41) is 0. The molecule has 0 aromatic heterocycles. The zero-order chi connectivity index (χ0) is 14.8. The molecule has 0 saturated carbocycles. The second-order valence-corrected chi connectivity index (χ2v) is 7.46. The van der Waals surface area contributed by atoms with Gasteiger partial charge in [0.25, 0.3) is 0 Å². The maximum atomic E-state index is 2.36. The Hall–Kier alpha value is -1.03. The first kappa shape index (κ1) is 15.4. The van der Waals surface area contributed by atoms with Gasteiger partial charge in [0.05, 0.1) is 34.3 Å². The van der Waals surface area contributed by atoms with Gasteiger partial charge in [-0.25, -0.2) is 0 Å². The van der Waals surface area contributed by atoms with Crippen molar-refractivity contribution in [2.24, 2.45) is 10.8 Å². The minimum Gasteiger partial charge on any atom is -0.283 e. The normalized spacial score (nSPS) is 22.9. The van der Waals surface area contributed by atoms with Crippen LogP contribution in [0.1, 0.15) is 27.7 Å². The lowest BCUT2D eigenvalue weighted by Crippen LogP contribution is -2.08. The van der Waals surface area contributed by atoms with E-state index in [-0.39, 0.29) is 10.8 Å². The fraction of sp³-hybridized carbons (Fsp3) is 0.333. The number of nitrogens with zero attached hydrogens (tertiary/aromatic N) is 1. The van der Waals surface area contributed by atoms with Crippen molar-refractivity contribution in [3.8, 4) is 0 Å². The van der Waals surface area contributed by atoms with Gasteiger partial charge >= 0.3 is 0 Å².